The molecular weight excluding hydrogens is 254 g/mol. The third-order valence-corrected chi connectivity index (χ3v) is 3.72. The Bertz CT molecular complexity index is 522. The van der Waals surface area contributed by atoms with Crippen LogP contribution in [-0.4, -0.2) is 9.36 Å². The molecule has 1 fully saturated rings. The highest BCUT2D eigenvalue weighted by molar-refractivity contribution is 7.09. The van der Waals surface area contributed by atoms with Crippen molar-refractivity contribution in [3.63, 3.8) is 0 Å². The van der Waals surface area contributed by atoms with E-state index >= 15 is 0 Å². The fourth-order valence-corrected chi connectivity index (χ4v) is 2.56. The first-order chi connectivity index (χ1) is 8.36. The van der Waals surface area contributed by atoms with Gasteiger partial charge < -0.3 is 5.32 Å². The second-order valence-electron chi connectivity index (χ2n) is 4.15. The monoisotopic (exact) mass is 265 g/mol. The van der Waals surface area contributed by atoms with E-state index in [-0.39, 0.29) is 0 Å². The Hall–Kier alpha value is -1.13. The van der Waals surface area contributed by atoms with Gasteiger partial charge >= 0.3 is 0 Å². The van der Waals surface area contributed by atoms with E-state index in [1.165, 1.54) is 24.4 Å². The second-order valence-corrected chi connectivity index (χ2v) is 5.17. The molecule has 0 atom stereocenters. The predicted octanol–water partition coefficient (Wildman–Crippen LogP) is 3.90. The Morgan fingerprint density at radius 1 is 1.35 bits per heavy atom. The Morgan fingerprint density at radius 2 is 2.18 bits per heavy atom. The molecular formula is C12H12ClN3S. The Morgan fingerprint density at radius 3 is 2.94 bits per heavy atom. The number of rotatable bonds is 4. The molecule has 1 heterocycles. The van der Waals surface area contributed by atoms with Crippen LogP contribution in [0.5, 0.6) is 0 Å². The van der Waals surface area contributed by atoms with Gasteiger partial charge in [-0.3, -0.25) is 0 Å². The first kappa shape index (κ1) is 11.0. The molecule has 1 aromatic heterocycles. The molecule has 2 aromatic rings. The molecule has 0 unspecified atom stereocenters. The Kier molecular flexibility index (Phi) is 2.99. The zero-order valence-electron chi connectivity index (χ0n) is 9.19. The maximum Gasteiger partial charge on any atom is 0.207 e. The molecule has 1 N–H and O–H groups in total. The maximum atomic E-state index is 5.89. The summed E-state index contributed by atoms with van der Waals surface area (Å²) in [6.45, 7) is 0. The lowest BCUT2D eigenvalue weighted by molar-refractivity contribution is 0.987. The number of benzene rings is 1. The van der Waals surface area contributed by atoms with Gasteiger partial charge in [0.1, 0.15) is 5.82 Å². The van der Waals surface area contributed by atoms with Gasteiger partial charge in [0, 0.05) is 29.0 Å². The Labute approximate surface area is 109 Å². The van der Waals surface area contributed by atoms with Crippen molar-refractivity contribution in [2.24, 2.45) is 0 Å². The number of nitrogens with one attached hydrogen (secondary N) is 1. The molecule has 0 saturated heterocycles. The summed E-state index contributed by atoms with van der Waals surface area (Å²) >= 11 is 7.31. The second kappa shape index (κ2) is 4.63. The standard InChI is InChI=1S/C12H12ClN3S/c13-7-9-3-1-2-4-10(9)14-12-15-11(16-17-12)8-5-6-8/h1-4,8H,5-7H2,(H,14,15,16). The van der Waals surface area contributed by atoms with Crippen LogP contribution >= 0.6 is 23.1 Å². The van der Waals surface area contributed by atoms with Crippen LogP contribution in [0, 0.1) is 0 Å². The predicted molar refractivity (Wildman–Crippen MR) is 71.2 cm³/mol. The number of aromatic nitrogens is 2. The van der Waals surface area contributed by atoms with Crippen molar-refractivity contribution in [3.8, 4) is 0 Å². The average Bonchev–Trinajstić information content (AvgIpc) is 3.11. The van der Waals surface area contributed by atoms with Gasteiger partial charge in [-0.1, -0.05) is 18.2 Å². The summed E-state index contributed by atoms with van der Waals surface area (Å²) in [6.07, 6.45) is 2.46. The highest BCUT2D eigenvalue weighted by Crippen LogP contribution is 2.39. The minimum absolute atomic E-state index is 0.497. The maximum absolute atomic E-state index is 5.89. The first-order valence-corrected chi connectivity index (χ1v) is 6.92. The third kappa shape index (κ3) is 2.42. The van der Waals surface area contributed by atoms with Crippen molar-refractivity contribution in [2.75, 3.05) is 5.32 Å². The molecule has 1 aromatic carbocycles. The molecule has 17 heavy (non-hydrogen) atoms. The van der Waals surface area contributed by atoms with Crippen LogP contribution in [0.15, 0.2) is 24.3 Å². The van der Waals surface area contributed by atoms with Gasteiger partial charge in [0.15, 0.2) is 0 Å². The molecule has 1 aliphatic carbocycles. The highest BCUT2D eigenvalue weighted by Gasteiger charge is 2.27. The van der Waals surface area contributed by atoms with E-state index in [4.69, 9.17) is 11.6 Å². The summed E-state index contributed by atoms with van der Waals surface area (Å²) in [5.41, 5.74) is 2.10. The van der Waals surface area contributed by atoms with E-state index < -0.39 is 0 Å². The zero-order valence-corrected chi connectivity index (χ0v) is 10.8. The summed E-state index contributed by atoms with van der Waals surface area (Å²) in [4.78, 5) is 4.50. The molecule has 3 rings (SSSR count). The number of alkyl halides is 1. The van der Waals surface area contributed by atoms with Crippen molar-refractivity contribution in [1.82, 2.24) is 9.36 Å². The van der Waals surface area contributed by atoms with Crippen molar-refractivity contribution < 1.29 is 0 Å². The van der Waals surface area contributed by atoms with Crippen LogP contribution < -0.4 is 5.32 Å². The molecule has 0 bridgehead atoms. The van der Waals surface area contributed by atoms with Crippen LogP contribution in [0.3, 0.4) is 0 Å². The summed E-state index contributed by atoms with van der Waals surface area (Å²) in [6, 6.07) is 7.99. The number of nitrogens with zero attached hydrogens (tertiary/aromatic N) is 2. The van der Waals surface area contributed by atoms with Gasteiger partial charge in [-0.2, -0.15) is 4.37 Å². The molecule has 88 valence electrons. The van der Waals surface area contributed by atoms with Gasteiger partial charge in [-0.05, 0) is 24.5 Å². The van der Waals surface area contributed by atoms with Crippen molar-refractivity contribution in [2.45, 2.75) is 24.6 Å². The van der Waals surface area contributed by atoms with E-state index in [0.29, 0.717) is 11.8 Å². The summed E-state index contributed by atoms with van der Waals surface area (Å²) in [7, 11) is 0. The van der Waals surface area contributed by atoms with Crippen LogP contribution in [0.4, 0.5) is 10.8 Å². The minimum atomic E-state index is 0.497. The first-order valence-electron chi connectivity index (χ1n) is 5.61. The lowest BCUT2D eigenvalue weighted by atomic mass is 10.2. The smallest absolute Gasteiger partial charge is 0.207 e. The van der Waals surface area contributed by atoms with E-state index in [1.54, 1.807) is 0 Å². The number of halogens is 1. The van der Waals surface area contributed by atoms with E-state index in [2.05, 4.69) is 14.7 Å². The van der Waals surface area contributed by atoms with Crippen molar-refractivity contribution in [1.29, 1.82) is 0 Å². The summed E-state index contributed by atoms with van der Waals surface area (Å²) in [5.74, 6) is 2.09. The molecule has 3 nitrogen and oxygen atoms in total. The van der Waals surface area contributed by atoms with Gasteiger partial charge in [-0.15, -0.1) is 11.6 Å². The lowest BCUT2D eigenvalue weighted by Crippen LogP contribution is -1.94. The van der Waals surface area contributed by atoms with Gasteiger partial charge in [0.25, 0.3) is 0 Å². The van der Waals surface area contributed by atoms with Crippen LogP contribution in [-0.2, 0) is 5.88 Å². The van der Waals surface area contributed by atoms with E-state index in [1.807, 2.05) is 24.3 Å². The van der Waals surface area contributed by atoms with Crippen LogP contribution in [0.2, 0.25) is 0 Å². The fourth-order valence-electron chi connectivity index (χ4n) is 1.67. The third-order valence-electron chi connectivity index (χ3n) is 2.79. The van der Waals surface area contributed by atoms with Crippen LogP contribution in [0.25, 0.3) is 0 Å². The Balaban J connectivity index is 1.80. The lowest BCUT2D eigenvalue weighted by Gasteiger charge is -2.06. The van der Waals surface area contributed by atoms with Gasteiger partial charge in [0.05, 0.1) is 0 Å². The SMILES string of the molecule is ClCc1ccccc1Nc1nc(C2CC2)ns1. The molecule has 0 spiro atoms. The number of hydrogen-bond donors (Lipinski definition) is 1. The fraction of sp³-hybridized carbons (Fsp3) is 0.333. The van der Waals surface area contributed by atoms with Gasteiger partial charge in [0.2, 0.25) is 5.13 Å². The normalized spacial score (nSPS) is 14.9. The van der Waals surface area contributed by atoms with E-state index in [9.17, 15) is 0 Å². The molecule has 1 saturated carbocycles. The molecule has 0 amide bonds. The topological polar surface area (TPSA) is 37.8 Å². The largest absolute Gasteiger partial charge is 0.330 e. The zero-order chi connectivity index (χ0) is 11.7. The summed E-state index contributed by atoms with van der Waals surface area (Å²) < 4.78 is 4.36. The highest BCUT2D eigenvalue weighted by atomic mass is 35.5. The quantitative estimate of drug-likeness (QED) is 0.852. The van der Waals surface area contributed by atoms with Gasteiger partial charge in [-0.25, -0.2) is 4.98 Å². The molecule has 0 aliphatic heterocycles. The van der Waals surface area contributed by atoms with Crippen molar-refractivity contribution >= 4 is 34.0 Å². The summed E-state index contributed by atoms with van der Waals surface area (Å²) in [5, 5.41) is 4.14. The van der Waals surface area contributed by atoms with Crippen molar-refractivity contribution in [3.05, 3.63) is 35.7 Å². The molecule has 1 aliphatic rings. The number of anilines is 2. The number of para-hydroxylation sites is 1. The number of hydrogen-bond acceptors (Lipinski definition) is 4. The molecule has 5 heteroatoms. The van der Waals surface area contributed by atoms with Crippen LogP contribution in [0.1, 0.15) is 30.1 Å². The minimum Gasteiger partial charge on any atom is -0.330 e. The molecule has 0 radical (unpaired) electrons. The van der Waals surface area contributed by atoms with E-state index in [0.717, 1.165) is 22.2 Å². The average molecular weight is 266 g/mol.